The Morgan fingerprint density at radius 3 is 2.42 bits per heavy atom. The number of nitrogens with zero attached hydrogens (tertiary/aromatic N) is 1. The number of hydrogen-bond acceptors (Lipinski definition) is 5. The summed E-state index contributed by atoms with van der Waals surface area (Å²) in [6.07, 6.45) is 1.81. The van der Waals surface area contributed by atoms with Crippen LogP contribution in [0.4, 0.5) is 0 Å². The summed E-state index contributed by atoms with van der Waals surface area (Å²) in [6, 6.07) is 14.4. The van der Waals surface area contributed by atoms with E-state index < -0.39 is 17.9 Å². The second kappa shape index (κ2) is 7.72. The number of amides is 1. The van der Waals surface area contributed by atoms with Crippen molar-refractivity contribution in [1.82, 2.24) is 4.90 Å². The third kappa shape index (κ3) is 3.95. The van der Waals surface area contributed by atoms with Crippen molar-refractivity contribution in [2.45, 2.75) is 12.5 Å². The molecule has 2 N–H and O–H groups in total. The highest BCUT2D eigenvalue weighted by molar-refractivity contribution is 8.26. The van der Waals surface area contributed by atoms with Crippen LogP contribution in [0, 0.1) is 0 Å². The molecule has 3 rings (SSSR count). The number of rotatable bonds is 5. The zero-order valence-electron chi connectivity index (χ0n) is 13.5. The van der Waals surface area contributed by atoms with E-state index in [-0.39, 0.29) is 16.5 Å². The van der Waals surface area contributed by atoms with E-state index in [0.717, 1.165) is 22.9 Å². The molecule has 1 aliphatic heterocycles. The number of benzene rings is 2. The first-order chi connectivity index (χ1) is 12.5. The first kappa shape index (κ1) is 18.2. The predicted molar refractivity (Wildman–Crippen MR) is 105 cm³/mol. The molecule has 2 aromatic carbocycles. The number of aromatic hydroxyl groups is 1. The summed E-state index contributed by atoms with van der Waals surface area (Å²) in [5, 5.41) is 19.0. The first-order valence-electron chi connectivity index (χ1n) is 7.78. The summed E-state index contributed by atoms with van der Waals surface area (Å²) < 4.78 is 0.225. The molecule has 2 aromatic rings. The van der Waals surface area contributed by atoms with Crippen molar-refractivity contribution in [3.8, 4) is 5.75 Å². The molecular weight excluding hydrogens is 370 g/mol. The van der Waals surface area contributed by atoms with Gasteiger partial charge in [-0.3, -0.25) is 9.69 Å². The molecular formula is C19H15NO4S2. The number of carboxylic acids is 1. The van der Waals surface area contributed by atoms with Gasteiger partial charge in [-0.2, -0.15) is 0 Å². The third-order valence-corrected chi connectivity index (χ3v) is 5.21. The van der Waals surface area contributed by atoms with Crippen LogP contribution in [-0.2, 0) is 16.0 Å². The molecule has 0 aromatic heterocycles. The van der Waals surface area contributed by atoms with E-state index in [4.69, 9.17) is 12.2 Å². The van der Waals surface area contributed by atoms with Crippen molar-refractivity contribution in [3.63, 3.8) is 0 Å². The molecule has 0 bridgehead atoms. The smallest absolute Gasteiger partial charge is 0.327 e. The fraction of sp³-hybridized carbons (Fsp3) is 0.105. The van der Waals surface area contributed by atoms with Gasteiger partial charge in [-0.15, -0.1) is 0 Å². The Morgan fingerprint density at radius 2 is 1.81 bits per heavy atom. The van der Waals surface area contributed by atoms with E-state index in [9.17, 15) is 19.8 Å². The van der Waals surface area contributed by atoms with Gasteiger partial charge in [-0.05, 0) is 29.3 Å². The highest BCUT2D eigenvalue weighted by Gasteiger charge is 2.40. The zero-order chi connectivity index (χ0) is 18.7. The minimum atomic E-state index is -1.10. The molecule has 1 amide bonds. The lowest BCUT2D eigenvalue weighted by molar-refractivity contribution is -0.145. The predicted octanol–water partition coefficient (Wildman–Crippen LogP) is 3.29. The fourth-order valence-electron chi connectivity index (χ4n) is 2.60. The van der Waals surface area contributed by atoms with Gasteiger partial charge in [-0.1, -0.05) is 66.4 Å². The van der Waals surface area contributed by atoms with Crippen LogP contribution in [-0.4, -0.2) is 37.4 Å². The molecule has 5 nitrogen and oxygen atoms in total. The van der Waals surface area contributed by atoms with Crippen LogP contribution >= 0.6 is 24.0 Å². The number of aliphatic carboxylic acids is 1. The fourth-order valence-corrected chi connectivity index (χ4v) is 3.95. The molecule has 26 heavy (non-hydrogen) atoms. The summed E-state index contributed by atoms with van der Waals surface area (Å²) >= 11 is 6.35. The van der Waals surface area contributed by atoms with Gasteiger partial charge in [0.15, 0.2) is 0 Å². The van der Waals surface area contributed by atoms with E-state index in [1.54, 1.807) is 18.2 Å². The maximum atomic E-state index is 12.8. The van der Waals surface area contributed by atoms with E-state index in [1.807, 2.05) is 30.3 Å². The number of phenolic OH excluding ortho intramolecular Hbond substituents is 1. The number of hydrogen-bond donors (Lipinski definition) is 2. The second-order valence-corrected chi connectivity index (χ2v) is 7.36. The van der Waals surface area contributed by atoms with Crippen LogP contribution in [0.25, 0.3) is 6.08 Å². The largest absolute Gasteiger partial charge is 0.508 e. The lowest BCUT2D eigenvalue weighted by atomic mass is 10.0. The minimum absolute atomic E-state index is 0.128. The molecule has 1 saturated heterocycles. The van der Waals surface area contributed by atoms with Crippen molar-refractivity contribution in [2.24, 2.45) is 0 Å². The monoisotopic (exact) mass is 385 g/mol. The molecule has 1 heterocycles. The lowest BCUT2D eigenvalue weighted by Gasteiger charge is -2.23. The van der Waals surface area contributed by atoms with Crippen molar-refractivity contribution in [3.05, 3.63) is 70.6 Å². The molecule has 1 fully saturated rings. The van der Waals surface area contributed by atoms with Gasteiger partial charge < -0.3 is 10.2 Å². The molecule has 0 aliphatic carbocycles. The van der Waals surface area contributed by atoms with Crippen LogP contribution in [0.1, 0.15) is 11.1 Å². The number of thioether (sulfide) groups is 1. The summed E-state index contributed by atoms with van der Waals surface area (Å²) in [4.78, 5) is 26.1. The number of phenols is 1. The standard InChI is InChI=1S/C19H15NO4S2/c21-14-8-6-13(7-9-14)11-16-17(22)20(19(25)26-16)15(18(23)24)10-12-4-2-1-3-5-12/h1-9,11,15,21H,10H2,(H,23,24)/b16-11-/t15-/m1/s1. The third-order valence-electron chi connectivity index (χ3n) is 3.88. The lowest BCUT2D eigenvalue weighted by Crippen LogP contribution is -2.45. The van der Waals surface area contributed by atoms with E-state index in [2.05, 4.69) is 0 Å². The van der Waals surface area contributed by atoms with Crippen LogP contribution in [0.3, 0.4) is 0 Å². The summed E-state index contributed by atoms with van der Waals surface area (Å²) in [5.41, 5.74) is 1.54. The highest BCUT2D eigenvalue weighted by atomic mass is 32.2. The number of carboxylic acid groups (broad SMARTS) is 1. The van der Waals surface area contributed by atoms with E-state index in [0.29, 0.717) is 4.91 Å². The molecule has 0 unspecified atom stereocenters. The average molecular weight is 385 g/mol. The van der Waals surface area contributed by atoms with Crippen molar-refractivity contribution in [2.75, 3.05) is 0 Å². The minimum Gasteiger partial charge on any atom is -0.508 e. The number of carbonyl (C=O) groups excluding carboxylic acids is 1. The van der Waals surface area contributed by atoms with Crippen molar-refractivity contribution in [1.29, 1.82) is 0 Å². The Kier molecular flexibility index (Phi) is 5.39. The molecule has 132 valence electrons. The Hall–Kier alpha value is -2.64. The SMILES string of the molecule is O=C(O)[C@@H](Cc1ccccc1)N1C(=O)/C(=C/c2ccc(O)cc2)SC1=S. The van der Waals surface area contributed by atoms with Crippen molar-refractivity contribution >= 4 is 46.3 Å². The van der Waals surface area contributed by atoms with Gasteiger partial charge >= 0.3 is 5.97 Å². The van der Waals surface area contributed by atoms with E-state index >= 15 is 0 Å². The van der Waals surface area contributed by atoms with Gasteiger partial charge in [0.2, 0.25) is 0 Å². The zero-order valence-corrected chi connectivity index (χ0v) is 15.2. The number of thiocarbonyl (C=S) groups is 1. The quantitative estimate of drug-likeness (QED) is 0.607. The summed E-state index contributed by atoms with van der Waals surface area (Å²) in [5.74, 6) is -1.39. The Balaban J connectivity index is 1.86. The molecule has 0 radical (unpaired) electrons. The molecule has 1 atom stereocenters. The second-order valence-electron chi connectivity index (χ2n) is 5.69. The summed E-state index contributed by atoms with van der Waals surface area (Å²) in [7, 11) is 0. The van der Waals surface area contributed by atoms with Gasteiger partial charge in [0.25, 0.3) is 5.91 Å². The number of carbonyl (C=O) groups is 2. The normalized spacial score (nSPS) is 16.9. The van der Waals surface area contributed by atoms with E-state index in [1.165, 1.54) is 17.0 Å². The maximum Gasteiger partial charge on any atom is 0.327 e. The van der Waals surface area contributed by atoms with Gasteiger partial charge in [0.05, 0.1) is 4.91 Å². The Morgan fingerprint density at radius 1 is 1.15 bits per heavy atom. The van der Waals surface area contributed by atoms with Crippen LogP contribution in [0.5, 0.6) is 5.75 Å². The van der Waals surface area contributed by atoms with Crippen LogP contribution in [0.15, 0.2) is 59.5 Å². The first-order valence-corrected chi connectivity index (χ1v) is 9.01. The van der Waals surface area contributed by atoms with Gasteiger partial charge in [-0.25, -0.2) is 4.79 Å². The van der Waals surface area contributed by atoms with Crippen LogP contribution < -0.4 is 0 Å². The average Bonchev–Trinajstić information content (AvgIpc) is 2.89. The molecule has 7 heteroatoms. The molecule has 0 spiro atoms. The maximum absolute atomic E-state index is 12.8. The molecule has 0 saturated carbocycles. The Labute approximate surface area is 160 Å². The van der Waals surface area contributed by atoms with Gasteiger partial charge in [0.1, 0.15) is 16.1 Å². The summed E-state index contributed by atoms with van der Waals surface area (Å²) in [6.45, 7) is 0. The molecule has 1 aliphatic rings. The van der Waals surface area contributed by atoms with Crippen molar-refractivity contribution < 1.29 is 19.8 Å². The van der Waals surface area contributed by atoms with Gasteiger partial charge in [0, 0.05) is 6.42 Å². The Bertz CT molecular complexity index is 878. The highest BCUT2D eigenvalue weighted by Crippen LogP contribution is 2.34. The topological polar surface area (TPSA) is 77.8 Å². The van der Waals surface area contributed by atoms with Crippen LogP contribution in [0.2, 0.25) is 0 Å².